The molecule has 18 heavy (non-hydrogen) atoms. The number of anilines is 1. The van der Waals surface area contributed by atoms with Gasteiger partial charge in [-0.1, -0.05) is 11.6 Å². The van der Waals surface area contributed by atoms with Crippen molar-refractivity contribution < 1.29 is 9.13 Å². The summed E-state index contributed by atoms with van der Waals surface area (Å²) in [5.74, 6) is -0.323. The van der Waals surface area contributed by atoms with Gasteiger partial charge in [0.05, 0.1) is 13.2 Å². The normalized spacial score (nSPS) is 21.6. The molecule has 0 spiro atoms. The van der Waals surface area contributed by atoms with Crippen LogP contribution in [0, 0.1) is 5.82 Å². The molecule has 2 rings (SSSR count). The third-order valence-electron chi connectivity index (χ3n) is 2.91. The van der Waals surface area contributed by atoms with Crippen LogP contribution in [-0.2, 0) is 4.74 Å². The van der Waals surface area contributed by atoms with Crippen molar-refractivity contribution in [1.82, 2.24) is 5.32 Å². The number of rotatable bonds is 4. The summed E-state index contributed by atoms with van der Waals surface area (Å²) in [5, 5.41) is 7.05. The van der Waals surface area contributed by atoms with Gasteiger partial charge in [0.2, 0.25) is 0 Å². The van der Waals surface area contributed by atoms with E-state index in [4.69, 9.17) is 16.3 Å². The minimum absolute atomic E-state index is 0.224. The average Bonchev–Trinajstić information content (AvgIpc) is 2.28. The van der Waals surface area contributed by atoms with Crippen molar-refractivity contribution in [3.8, 4) is 0 Å². The molecule has 3 nitrogen and oxygen atoms in total. The smallest absolute Gasteiger partial charge is 0.126 e. The summed E-state index contributed by atoms with van der Waals surface area (Å²) in [5.41, 5.74) is 0.712. The molecule has 0 aromatic heterocycles. The molecule has 0 saturated carbocycles. The Kier molecular flexibility index (Phi) is 4.80. The Morgan fingerprint density at radius 1 is 1.56 bits per heavy atom. The first-order chi connectivity index (χ1) is 8.63. The Hall–Kier alpha value is -0.840. The van der Waals surface area contributed by atoms with Crippen molar-refractivity contribution in [1.29, 1.82) is 0 Å². The molecule has 1 saturated heterocycles. The van der Waals surface area contributed by atoms with Crippen LogP contribution in [0.2, 0.25) is 5.02 Å². The fourth-order valence-electron chi connectivity index (χ4n) is 2.18. The van der Waals surface area contributed by atoms with Gasteiger partial charge in [-0.3, -0.25) is 0 Å². The Balaban J connectivity index is 1.87. The van der Waals surface area contributed by atoms with E-state index in [1.54, 1.807) is 6.07 Å². The number of morpholine rings is 1. The second-order valence-corrected chi connectivity index (χ2v) is 5.10. The van der Waals surface area contributed by atoms with Crippen molar-refractivity contribution in [2.24, 2.45) is 0 Å². The highest BCUT2D eigenvalue weighted by atomic mass is 35.5. The molecule has 1 fully saturated rings. The van der Waals surface area contributed by atoms with Gasteiger partial charge in [0.15, 0.2) is 0 Å². The quantitative estimate of drug-likeness (QED) is 0.884. The first-order valence-electron chi connectivity index (χ1n) is 6.17. The molecule has 0 bridgehead atoms. The maximum atomic E-state index is 13.2. The number of ether oxygens (including phenoxy) is 1. The Bertz CT molecular complexity index is 376. The van der Waals surface area contributed by atoms with Crippen molar-refractivity contribution >= 4 is 17.3 Å². The summed E-state index contributed by atoms with van der Waals surface area (Å²) >= 11 is 5.81. The Morgan fingerprint density at radius 3 is 3.06 bits per heavy atom. The highest BCUT2D eigenvalue weighted by Gasteiger charge is 2.16. The molecule has 0 radical (unpaired) electrons. The molecule has 2 atom stereocenters. The molecule has 2 N–H and O–H groups in total. The maximum absolute atomic E-state index is 13.2. The fraction of sp³-hybridized carbons (Fsp3) is 0.538. The maximum Gasteiger partial charge on any atom is 0.126 e. The standard InChI is InChI=1S/C13H18ClFN2O/c1-9(4-13-8-18-3-2-16-13)17-12-6-10(14)5-11(15)7-12/h5-7,9,13,16-17H,2-4,8H2,1H3. The summed E-state index contributed by atoms with van der Waals surface area (Å²) in [4.78, 5) is 0. The zero-order valence-corrected chi connectivity index (χ0v) is 11.1. The van der Waals surface area contributed by atoms with Gasteiger partial charge in [-0.2, -0.15) is 0 Å². The second kappa shape index (κ2) is 6.36. The molecule has 2 unspecified atom stereocenters. The molecule has 100 valence electrons. The van der Waals surface area contributed by atoms with E-state index in [2.05, 4.69) is 17.6 Å². The molecule has 1 aromatic carbocycles. The minimum Gasteiger partial charge on any atom is -0.382 e. The molecule has 1 aromatic rings. The van der Waals surface area contributed by atoms with Crippen molar-refractivity contribution in [3.63, 3.8) is 0 Å². The Labute approximate surface area is 112 Å². The molecule has 5 heteroatoms. The molecule has 0 aliphatic carbocycles. The number of hydrogen-bond acceptors (Lipinski definition) is 3. The van der Waals surface area contributed by atoms with Crippen LogP contribution in [0.1, 0.15) is 13.3 Å². The van der Waals surface area contributed by atoms with E-state index in [1.807, 2.05) is 0 Å². The van der Waals surface area contributed by atoms with E-state index < -0.39 is 0 Å². The third-order valence-corrected chi connectivity index (χ3v) is 3.13. The summed E-state index contributed by atoms with van der Waals surface area (Å²) < 4.78 is 18.6. The van der Waals surface area contributed by atoms with Crippen LogP contribution in [-0.4, -0.2) is 31.8 Å². The van der Waals surface area contributed by atoms with Crippen LogP contribution >= 0.6 is 11.6 Å². The van der Waals surface area contributed by atoms with Gasteiger partial charge in [-0.15, -0.1) is 0 Å². The molecule has 1 aliphatic heterocycles. The van der Waals surface area contributed by atoms with Crippen LogP contribution in [0.4, 0.5) is 10.1 Å². The van der Waals surface area contributed by atoms with Crippen LogP contribution in [0.5, 0.6) is 0 Å². The number of nitrogens with one attached hydrogen (secondary N) is 2. The largest absolute Gasteiger partial charge is 0.382 e. The topological polar surface area (TPSA) is 33.3 Å². The average molecular weight is 273 g/mol. The summed E-state index contributed by atoms with van der Waals surface area (Å²) in [7, 11) is 0. The zero-order valence-electron chi connectivity index (χ0n) is 10.4. The van der Waals surface area contributed by atoms with Gasteiger partial charge in [0.1, 0.15) is 5.82 Å². The van der Waals surface area contributed by atoms with Crippen LogP contribution in [0.25, 0.3) is 0 Å². The first-order valence-corrected chi connectivity index (χ1v) is 6.55. The van der Waals surface area contributed by atoms with E-state index in [0.29, 0.717) is 16.8 Å². The van der Waals surface area contributed by atoms with Crippen LogP contribution in [0.3, 0.4) is 0 Å². The summed E-state index contributed by atoms with van der Waals surface area (Å²) in [6, 6.07) is 5.06. The predicted molar refractivity (Wildman–Crippen MR) is 71.7 cm³/mol. The van der Waals surface area contributed by atoms with Gasteiger partial charge >= 0.3 is 0 Å². The van der Waals surface area contributed by atoms with Gasteiger partial charge in [0.25, 0.3) is 0 Å². The lowest BCUT2D eigenvalue weighted by Gasteiger charge is -2.27. The van der Waals surface area contributed by atoms with Gasteiger partial charge in [0, 0.05) is 29.3 Å². The van der Waals surface area contributed by atoms with Gasteiger partial charge in [-0.25, -0.2) is 4.39 Å². The number of halogens is 2. The van der Waals surface area contributed by atoms with E-state index in [1.165, 1.54) is 12.1 Å². The van der Waals surface area contributed by atoms with E-state index in [0.717, 1.165) is 26.2 Å². The third kappa shape index (κ3) is 4.12. The first kappa shape index (κ1) is 13.6. The molecule has 1 aliphatic rings. The van der Waals surface area contributed by atoms with Gasteiger partial charge < -0.3 is 15.4 Å². The van der Waals surface area contributed by atoms with Crippen molar-refractivity contribution in [2.75, 3.05) is 25.1 Å². The summed E-state index contributed by atoms with van der Waals surface area (Å²) in [6.07, 6.45) is 0.925. The zero-order chi connectivity index (χ0) is 13.0. The lowest BCUT2D eigenvalue weighted by molar-refractivity contribution is 0.0731. The number of hydrogen-bond donors (Lipinski definition) is 2. The fourth-order valence-corrected chi connectivity index (χ4v) is 2.40. The van der Waals surface area contributed by atoms with E-state index >= 15 is 0 Å². The van der Waals surface area contributed by atoms with Crippen molar-refractivity contribution in [2.45, 2.75) is 25.4 Å². The van der Waals surface area contributed by atoms with Gasteiger partial charge in [-0.05, 0) is 31.5 Å². The monoisotopic (exact) mass is 272 g/mol. The lowest BCUT2D eigenvalue weighted by atomic mass is 10.1. The van der Waals surface area contributed by atoms with Crippen molar-refractivity contribution in [3.05, 3.63) is 29.0 Å². The Morgan fingerprint density at radius 2 is 2.39 bits per heavy atom. The van der Waals surface area contributed by atoms with E-state index in [-0.39, 0.29) is 11.9 Å². The lowest BCUT2D eigenvalue weighted by Crippen LogP contribution is -2.43. The second-order valence-electron chi connectivity index (χ2n) is 4.67. The molecular weight excluding hydrogens is 255 g/mol. The van der Waals surface area contributed by atoms with E-state index in [9.17, 15) is 4.39 Å². The molecule has 0 amide bonds. The highest BCUT2D eigenvalue weighted by Crippen LogP contribution is 2.19. The summed E-state index contributed by atoms with van der Waals surface area (Å²) in [6.45, 7) is 4.46. The number of benzene rings is 1. The highest BCUT2D eigenvalue weighted by molar-refractivity contribution is 6.30. The molecule has 1 heterocycles. The molecular formula is C13H18ClFN2O. The minimum atomic E-state index is -0.323. The van der Waals surface area contributed by atoms with Crippen LogP contribution in [0.15, 0.2) is 18.2 Å². The van der Waals surface area contributed by atoms with Crippen LogP contribution < -0.4 is 10.6 Å². The predicted octanol–water partition coefficient (Wildman–Crippen LogP) is 2.66. The SMILES string of the molecule is CC(CC1COCCN1)Nc1cc(F)cc(Cl)c1.